The minimum absolute atomic E-state index is 0.0447. The van der Waals surface area contributed by atoms with Crippen LogP contribution in [0.15, 0.2) is 24.3 Å². The molecule has 1 fully saturated rings. The Balaban J connectivity index is 1.69. The predicted octanol–water partition coefficient (Wildman–Crippen LogP) is 0.709. The van der Waals surface area contributed by atoms with Crippen LogP contribution in [0.25, 0.3) is 0 Å². The van der Waals surface area contributed by atoms with Gasteiger partial charge in [-0.2, -0.15) is 5.26 Å². The molecule has 2 amide bonds. The Morgan fingerprint density at radius 2 is 2.14 bits per heavy atom. The molecular weight excluding hydrogens is 268 g/mol. The van der Waals surface area contributed by atoms with E-state index in [1.807, 2.05) is 11.0 Å². The van der Waals surface area contributed by atoms with E-state index in [4.69, 9.17) is 5.26 Å². The zero-order valence-electron chi connectivity index (χ0n) is 11.8. The highest BCUT2D eigenvalue weighted by molar-refractivity contribution is 5.90. The number of rotatable bonds is 5. The molecule has 2 rings (SSSR count). The largest absolute Gasteiger partial charge is 0.354 e. The van der Waals surface area contributed by atoms with Gasteiger partial charge in [-0.3, -0.25) is 14.5 Å². The number of piperazine rings is 1. The highest BCUT2D eigenvalue weighted by Crippen LogP contribution is 2.09. The van der Waals surface area contributed by atoms with Crippen molar-refractivity contribution in [1.82, 2.24) is 10.2 Å². The second-order valence-corrected chi connectivity index (χ2v) is 4.97. The summed E-state index contributed by atoms with van der Waals surface area (Å²) >= 11 is 0. The standard InChI is InChI=1S/C15H18N4O2/c16-10-12-3-5-13(6-4-12)18-14(20)2-1-8-19-9-7-17-15(21)11-19/h3-6H,1-2,7-9,11H2,(H,17,21)(H,18,20). The van der Waals surface area contributed by atoms with Crippen LogP contribution >= 0.6 is 0 Å². The first-order valence-corrected chi connectivity index (χ1v) is 6.96. The molecule has 0 aromatic heterocycles. The molecular formula is C15H18N4O2. The number of nitrogens with one attached hydrogen (secondary N) is 2. The summed E-state index contributed by atoms with van der Waals surface area (Å²) in [7, 11) is 0. The average Bonchev–Trinajstić information content (AvgIpc) is 2.48. The Bertz CT molecular complexity index is 548. The fourth-order valence-corrected chi connectivity index (χ4v) is 2.20. The van der Waals surface area contributed by atoms with Crippen LogP contribution in [-0.2, 0) is 9.59 Å². The molecule has 0 atom stereocenters. The Labute approximate surface area is 123 Å². The Hall–Kier alpha value is -2.39. The third-order valence-electron chi connectivity index (χ3n) is 3.29. The lowest BCUT2D eigenvalue weighted by molar-refractivity contribution is -0.124. The molecule has 2 N–H and O–H groups in total. The van der Waals surface area contributed by atoms with Gasteiger partial charge in [-0.25, -0.2) is 0 Å². The van der Waals surface area contributed by atoms with Gasteiger partial charge in [0.25, 0.3) is 0 Å². The lowest BCUT2D eigenvalue weighted by Crippen LogP contribution is -2.47. The minimum Gasteiger partial charge on any atom is -0.354 e. The van der Waals surface area contributed by atoms with Crippen molar-refractivity contribution < 1.29 is 9.59 Å². The van der Waals surface area contributed by atoms with Gasteiger partial charge in [-0.15, -0.1) is 0 Å². The molecule has 6 heteroatoms. The second-order valence-electron chi connectivity index (χ2n) is 4.97. The second kappa shape index (κ2) is 7.41. The summed E-state index contributed by atoms with van der Waals surface area (Å²) in [5.74, 6) is -0.00977. The van der Waals surface area contributed by atoms with Crippen molar-refractivity contribution in [2.24, 2.45) is 0 Å². The van der Waals surface area contributed by atoms with E-state index in [-0.39, 0.29) is 11.8 Å². The van der Waals surface area contributed by atoms with Crippen molar-refractivity contribution in [3.63, 3.8) is 0 Å². The van der Waals surface area contributed by atoms with Gasteiger partial charge in [0.05, 0.1) is 18.2 Å². The minimum atomic E-state index is -0.0545. The molecule has 1 saturated heterocycles. The molecule has 6 nitrogen and oxygen atoms in total. The van der Waals surface area contributed by atoms with Crippen LogP contribution in [0.5, 0.6) is 0 Å². The van der Waals surface area contributed by atoms with Crippen LogP contribution in [-0.4, -0.2) is 42.9 Å². The van der Waals surface area contributed by atoms with E-state index >= 15 is 0 Å². The highest BCUT2D eigenvalue weighted by atomic mass is 16.2. The first-order valence-electron chi connectivity index (χ1n) is 6.96. The zero-order chi connectivity index (χ0) is 15.1. The quantitative estimate of drug-likeness (QED) is 0.834. The van der Waals surface area contributed by atoms with E-state index in [2.05, 4.69) is 10.6 Å². The smallest absolute Gasteiger partial charge is 0.234 e. The van der Waals surface area contributed by atoms with Crippen molar-refractivity contribution in [3.8, 4) is 6.07 Å². The normalized spacial score (nSPS) is 15.1. The van der Waals surface area contributed by atoms with Crippen LogP contribution in [0.3, 0.4) is 0 Å². The summed E-state index contributed by atoms with van der Waals surface area (Å²) in [6.07, 6.45) is 1.13. The summed E-state index contributed by atoms with van der Waals surface area (Å²) in [6, 6.07) is 8.80. The number of amides is 2. The number of carbonyl (C=O) groups excluding carboxylic acids is 2. The van der Waals surface area contributed by atoms with E-state index in [1.165, 1.54) is 0 Å². The van der Waals surface area contributed by atoms with E-state index in [0.717, 1.165) is 19.5 Å². The number of hydrogen-bond acceptors (Lipinski definition) is 4. The first-order chi connectivity index (χ1) is 10.2. The van der Waals surface area contributed by atoms with Crippen molar-refractivity contribution >= 4 is 17.5 Å². The number of nitriles is 1. The van der Waals surface area contributed by atoms with Crippen LogP contribution in [0.4, 0.5) is 5.69 Å². The third-order valence-corrected chi connectivity index (χ3v) is 3.29. The van der Waals surface area contributed by atoms with Crippen LogP contribution in [0.1, 0.15) is 18.4 Å². The summed E-state index contributed by atoms with van der Waals surface area (Å²) in [5.41, 5.74) is 1.26. The van der Waals surface area contributed by atoms with E-state index in [0.29, 0.717) is 30.8 Å². The molecule has 0 unspecified atom stereocenters. The maximum atomic E-state index is 11.8. The monoisotopic (exact) mass is 286 g/mol. The van der Waals surface area contributed by atoms with Crippen LogP contribution in [0.2, 0.25) is 0 Å². The van der Waals surface area contributed by atoms with Gasteiger partial charge in [0.2, 0.25) is 11.8 Å². The van der Waals surface area contributed by atoms with Gasteiger partial charge >= 0.3 is 0 Å². The van der Waals surface area contributed by atoms with Gasteiger partial charge < -0.3 is 10.6 Å². The zero-order valence-corrected chi connectivity index (χ0v) is 11.8. The Kier molecular flexibility index (Phi) is 5.29. The number of nitrogens with zero attached hydrogens (tertiary/aromatic N) is 2. The lowest BCUT2D eigenvalue weighted by atomic mass is 10.2. The third kappa shape index (κ3) is 4.89. The predicted molar refractivity (Wildman–Crippen MR) is 78.5 cm³/mol. The molecule has 0 radical (unpaired) electrons. The summed E-state index contributed by atoms with van der Waals surface area (Å²) in [6.45, 7) is 2.67. The Morgan fingerprint density at radius 1 is 1.38 bits per heavy atom. The molecule has 1 aliphatic heterocycles. The first kappa shape index (κ1) is 15.0. The van der Waals surface area contributed by atoms with Crippen molar-refractivity contribution in [3.05, 3.63) is 29.8 Å². The fraction of sp³-hybridized carbons (Fsp3) is 0.400. The number of anilines is 1. The molecule has 1 aliphatic rings. The maximum absolute atomic E-state index is 11.8. The molecule has 0 saturated carbocycles. The van der Waals surface area contributed by atoms with Gasteiger partial charge in [0, 0.05) is 25.2 Å². The molecule has 1 heterocycles. The van der Waals surface area contributed by atoms with Crippen LogP contribution in [0, 0.1) is 11.3 Å². The topological polar surface area (TPSA) is 85.2 Å². The number of benzene rings is 1. The van der Waals surface area contributed by atoms with Crippen LogP contribution < -0.4 is 10.6 Å². The van der Waals surface area contributed by atoms with Gasteiger partial charge in [0.1, 0.15) is 0 Å². The van der Waals surface area contributed by atoms with Gasteiger partial charge in [-0.05, 0) is 37.2 Å². The maximum Gasteiger partial charge on any atom is 0.234 e. The number of carbonyl (C=O) groups is 2. The van der Waals surface area contributed by atoms with Crippen molar-refractivity contribution in [1.29, 1.82) is 5.26 Å². The van der Waals surface area contributed by atoms with Crippen molar-refractivity contribution in [2.75, 3.05) is 31.5 Å². The van der Waals surface area contributed by atoms with Gasteiger partial charge in [-0.1, -0.05) is 0 Å². The molecule has 1 aromatic carbocycles. The molecule has 1 aromatic rings. The fourth-order valence-electron chi connectivity index (χ4n) is 2.20. The van der Waals surface area contributed by atoms with Crippen molar-refractivity contribution in [2.45, 2.75) is 12.8 Å². The molecule has 0 bridgehead atoms. The van der Waals surface area contributed by atoms with Gasteiger partial charge in [0.15, 0.2) is 0 Å². The summed E-state index contributed by atoms with van der Waals surface area (Å²) in [5, 5.41) is 14.3. The SMILES string of the molecule is N#Cc1ccc(NC(=O)CCCN2CCNC(=O)C2)cc1. The van der Waals surface area contributed by atoms with E-state index in [1.54, 1.807) is 24.3 Å². The molecule has 0 spiro atoms. The highest BCUT2D eigenvalue weighted by Gasteiger charge is 2.15. The molecule has 21 heavy (non-hydrogen) atoms. The number of hydrogen-bond donors (Lipinski definition) is 2. The van der Waals surface area contributed by atoms with E-state index < -0.39 is 0 Å². The average molecular weight is 286 g/mol. The lowest BCUT2D eigenvalue weighted by Gasteiger charge is -2.26. The molecule has 0 aliphatic carbocycles. The Morgan fingerprint density at radius 3 is 2.81 bits per heavy atom. The summed E-state index contributed by atoms with van der Waals surface area (Å²) < 4.78 is 0. The summed E-state index contributed by atoms with van der Waals surface area (Å²) in [4.78, 5) is 25.1. The van der Waals surface area contributed by atoms with E-state index in [9.17, 15) is 9.59 Å². The molecule has 110 valence electrons.